The van der Waals surface area contributed by atoms with Crippen LogP contribution in [0.25, 0.3) is 0 Å². The molecule has 1 aromatic heterocycles. The van der Waals surface area contributed by atoms with Gasteiger partial charge in [0.1, 0.15) is 10.8 Å². The molecule has 116 valence electrons. The van der Waals surface area contributed by atoms with Gasteiger partial charge in [0.15, 0.2) is 0 Å². The fourth-order valence-electron chi connectivity index (χ4n) is 2.34. The molecule has 0 atom stereocenters. The normalized spacial score (nSPS) is 17.1. The number of hydrogen-bond acceptors (Lipinski definition) is 4. The third kappa shape index (κ3) is 3.86. The maximum absolute atomic E-state index is 8.58. The first kappa shape index (κ1) is 16.0. The number of thiophene rings is 1. The number of rotatable bonds is 4. The summed E-state index contributed by atoms with van der Waals surface area (Å²) in [5.74, 6) is 0.658. The van der Waals surface area contributed by atoms with E-state index in [2.05, 4.69) is 48.2 Å². The summed E-state index contributed by atoms with van der Waals surface area (Å²) in [5, 5.41) is 13.1. The van der Waals surface area contributed by atoms with Gasteiger partial charge in [-0.1, -0.05) is 13.0 Å². The Morgan fingerprint density at radius 2 is 2.05 bits per heavy atom. The van der Waals surface area contributed by atoms with Crippen LogP contribution in [-0.4, -0.2) is 48.9 Å². The molecule has 0 saturated carbocycles. The number of anilines is 1. The molecular formula is C16H26N4S. The molecule has 21 heavy (non-hydrogen) atoms. The van der Waals surface area contributed by atoms with Crippen LogP contribution in [0, 0.1) is 5.41 Å². The highest BCUT2D eigenvalue weighted by atomic mass is 32.1. The maximum atomic E-state index is 8.58. The summed E-state index contributed by atoms with van der Waals surface area (Å²) in [6.45, 7) is 10.2. The molecule has 2 heterocycles. The largest absolute Gasteiger partial charge is 0.354 e. The van der Waals surface area contributed by atoms with Crippen molar-refractivity contribution in [3.8, 4) is 0 Å². The first-order chi connectivity index (χ1) is 10.0. The third-order valence-corrected chi connectivity index (χ3v) is 5.14. The molecule has 0 spiro atoms. The second-order valence-corrected chi connectivity index (χ2v) is 6.68. The minimum atomic E-state index is 0.658. The van der Waals surface area contributed by atoms with Crippen molar-refractivity contribution in [3.63, 3.8) is 0 Å². The van der Waals surface area contributed by atoms with E-state index in [0.717, 1.165) is 48.9 Å². The number of nitrogens with one attached hydrogen (secondary N) is 2. The molecule has 4 nitrogen and oxygen atoms in total. The van der Waals surface area contributed by atoms with Gasteiger partial charge in [0.05, 0.1) is 5.56 Å². The Hall–Kier alpha value is -1.33. The summed E-state index contributed by atoms with van der Waals surface area (Å²) in [5.41, 5.74) is 2.18. The number of piperazine rings is 1. The quantitative estimate of drug-likeness (QED) is 0.663. The lowest BCUT2D eigenvalue weighted by molar-refractivity contribution is 0.215. The van der Waals surface area contributed by atoms with E-state index in [1.165, 1.54) is 4.88 Å². The van der Waals surface area contributed by atoms with E-state index < -0.39 is 0 Å². The lowest BCUT2D eigenvalue weighted by atomic mass is 10.2. The fraction of sp³-hybridized carbons (Fsp3) is 0.562. The lowest BCUT2D eigenvalue weighted by Crippen LogP contribution is -2.47. The topological polar surface area (TPSA) is 42.4 Å². The van der Waals surface area contributed by atoms with Gasteiger partial charge in [-0.25, -0.2) is 0 Å². The summed E-state index contributed by atoms with van der Waals surface area (Å²) >= 11 is 1.77. The van der Waals surface area contributed by atoms with Crippen molar-refractivity contribution in [2.45, 2.75) is 27.2 Å². The number of amidine groups is 1. The molecule has 2 rings (SSSR count). The average molecular weight is 306 g/mol. The van der Waals surface area contributed by atoms with Gasteiger partial charge in [0.2, 0.25) is 0 Å². The summed E-state index contributed by atoms with van der Waals surface area (Å²) in [6.07, 6.45) is 3.08. The number of nitrogens with zero attached hydrogens (tertiary/aromatic N) is 2. The summed E-state index contributed by atoms with van der Waals surface area (Å²) in [4.78, 5) is 5.84. The van der Waals surface area contributed by atoms with Crippen molar-refractivity contribution in [2.24, 2.45) is 0 Å². The predicted molar refractivity (Wildman–Crippen MR) is 92.6 cm³/mol. The Bertz CT molecular complexity index is 524. The molecule has 0 amide bonds. The zero-order valence-corrected chi connectivity index (χ0v) is 14.3. The van der Waals surface area contributed by atoms with Crippen molar-refractivity contribution in [3.05, 3.63) is 28.3 Å². The molecule has 0 radical (unpaired) electrons. The number of aryl methyl sites for hydroxylation is 1. The van der Waals surface area contributed by atoms with Crippen LogP contribution in [0.4, 0.5) is 5.00 Å². The van der Waals surface area contributed by atoms with Crippen LogP contribution >= 0.6 is 11.3 Å². The monoisotopic (exact) mass is 306 g/mol. The number of hydrogen-bond donors (Lipinski definition) is 2. The van der Waals surface area contributed by atoms with E-state index in [4.69, 9.17) is 5.41 Å². The van der Waals surface area contributed by atoms with Gasteiger partial charge in [-0.3, -0.25) is 5.41 Å². The molecule has 2 N–H and O–H groups in total. The molecule has 1 saturated heterocycles. The molecule has 0 aliphatic carbocycles. The molecule has 0 aromatic carbocycles. The Labute approximate surface area is 132 Å². The van der Waals surface area contributed by atoms with E-state index >= 15 is 0 Å². The van der Waals surface area contributed by atoms with Crippen LogP contribution in [0.2, 0.25) is 0 Å². The Morgan fingerprint density at radius 1 is 1.38 bits per heavy atom. The highest BCUT2D eigenvalue weighted by molar-refractivity contribution is 7.16. The summed E-state index contributed by atoms with van der Waals surface area (Å²) in [7, 11) is 2.14. The van der Waals surface area contributed by atoms with Crippen LogP contribution in [0.5, 0.6) is 0 Å². The highest BCUT2D eigenvalue weighted by Crippen LogP contribution is 2.31. The molecule has 1 aliphatic rings. The van der Waals surface area contributed by atoms with Crippen molar-refractivity contribution in [1.29, 1.82) is 5.41 Å². The van der Waals surface area contributed by atoms with Crippen molar-refractivity contribution >= 4 is 22.2 Å². The van der Waals surface area contributed by atoms with Crippen LogP contribution in [0.3, 0.4) is 0 Å². The predicted octanol–water partition coefficient (Wildman–Crippen LogP) is 3.22. The highest BCUT2D eigenvalue weighted by Gasteiger charge is 2.21. The summed E-state index contributed by atoms with van der Waals surface area (Å²) < 4.78 is 0. The van der Waals surface area contributed by atoms with E-state index in [-0.39, 0.29) is 0 Å². The van der Waals surface area contributed by atoms with Gasteiger partial charge in [0.25, 0.3) is 0 Å². The van der Waals surface area contributed by atoms with Crippen molar-refractivity contribution < 1.29 is 0 Å². The Balaban J connectivity index is 2.20. The molecular weight excluding hydrogens is 280 g/mol. The van der Waals surface area contributed by atoms with Crippen LogP contribution < -0.4 is 5.32 Å². The molecule has 1 fully saturated rings. The fourth-order valence-corrected chi connectivity index (χ4v) is 3.40. The first-order valence-corrected chi connectivity index (χ1v) is 8.41. The van der Waals surface area contributed by atoms with Gasteiger partial charge in [-0.2, -0.15) is 0 Å². The van der Waals surface area contributed by atoms with Crippen LogP contribution in [-0.2, 0) is 6.42 Å². The Kier molecular flexibility index (Phi) is 5.42. The molecule has 1 aromatic rings. The smallest absolute Gasteiger partial charge is 0.131 e. The third-order valence-electron chi connectivity index (χ3n) is 3.95. The van der Waals surface area contributed by atoms with Crippen LogP contribution in [0.1, 0.15) is 31.2 Å². The molecule has 5 heteroatoms. The van der Waals surface area contributed by atoms with Crippen molar-refractivity contribution in [1.82, 2.24) is 9.80 Å². The second-order valence-electron chi connectivity index (χ2n) is 5.54. The van der Waals surface area contributed by atoms with Gasteiger partial charge >= 0.3 is 0 Å². The van der Waals surface area contributed by atoms with E-state index in [0.29, 0.717) is 5.84 Å². The zero-order valence-electron chi connectivity index (χ0n) is 13.5. The van der Waals surface area contributed by atoms with Gasteiger partial charge < -0.3 is 15.1 Å². The minimum Gasteiger partial charge on any atom is -0.354 e. The molecule has 0 unspecified atom stereocenters. The van der Waals surface area contributed by atoms with Crippen molar-refractivity contribution in [2.75, 3.05) is 38.5 Å². The van der Waals surface area contributed by atoms with Gasteiger partial charge in [-0.05, 0) is 33.4 Å². The molecule has 0 bridgehead atoms. The number of allylic oxidation sites excluding steroid dienone is 2. The maximum Gasteiger partial charge on any atom is 0.131 e. The SMILES string of the molecule is C/C=C(\C)Nc1sc(CC)cc1C(=N)N1CCN(C)CC1. The van der Waals surface area contributed by atoms with E-state index in [9.17, 15) is 0 Å². The minimum absolute atomic E-state index is 0.658. The first-order valence-electron chi connectivity index (χ1n) is 7.60. The van der Waals surface area contributed by atoms with Crippen LogP contribution in [0.15, 0.2) is 17.8 Å². The standard InChI is InChI=1S/C16H26N4S/c1-5-12(3)18-16-14(11-13(6-2)21-16)15(17)20-9-7-19(4)8-10-20/h5,11,17-18H,6-10H2,1-4H3/b12-5+,17-15?. The number of likely N-dealkylation sites (N-methyl/N-ethyl adjacent to an activating group) is 1. The van der Waals surface area contributed by atoms with E-state index in [1.807, 2.05) is 6.92 Å². The second kappa shape index (κ2) is 7.09. The lowest BCUT2D eigenvalue weighted by Gasteiger charge is -2.34. The Morgan fingerprint density at radius 3 is 2.62 bits per heavy atom. The van der Waals surface area contributed by atoms with Gasteiger partial charge in [-0.15, -0.1) is 11.3 Å². The average Bonchev–Trinajstić information content (AvgIpc) is 2.90. The molecule has 1 aliphatic heterocycles. The van der Waals surface area contributed by atoms with E-state index in [1.54, 1.807) is 11.3 Å². The zero-order chi connectivity index (χ0) is 15.4. The van der Waals surface area contributed by atoms with Gasteiger partial charge in [0, 0.05) is 36.8 Å². The summed E-state index contributed by atoms with van der Waals surface area (Å²) in [6, 6.07) is 2.18.